The van der Waals surface area contributed by atoms with Crippen LogP contribution < -0.4 is 5.73 Å². The molecule has 0 amide bonds. The summed E-state index contributed by atoms with van der Waals surface area (Å²) in [5.41, 5.74) is 6.22. The van der Waals surface area contributed by atoms with Crippen LogP contribution >= 0.6 is 47.2 Å². The van der Waals surface area contributed by atoms with Crippen molar-refractivity contribution in [3.8, 4) is 0 Å². The minimum atomic E-state index is -0.515. The van der Waals surface area contributed by atoms with Gasteiger partial charge < -0.3 is 5.73 Å². The zero-order chi connectivity index (χ0) is 10.7. The predicted octanol–water partition coefficient (Wildman–Crippen LogP) is 4.43. The quantitative estimate of drug-likeness (QED) is 0.820. The summed E-state index contributed by atoms with van der Waals surface area (Å²) in [5.74, 6) is 0. The summed E-state index contributed by atoms with van der Waals surface area (Å²) in [5, 5.41) is 1.10. The Bertz CT molecular complexity index is 332. The van der Waals surface area contributed by atoms with Gasteiger partial charge in [0.15, 0.2) is 0 Å². The first-order valence-electron chi connectivity index (χ1n) is 4.03. The fourth-order valence-corrected chi connectivity index (χ4v) is 1.96. The molecule has 1 rings (SSSR count). The van der Waals surface area contributed by atoms with Gasteiger partial charge in [-0.15, -0.1) is 12.4 Å². The minimum absolute atomic E-state index is 0. The van der Waals surface area contributed by atoms with E-state index in [1.807, 2.05) is 0 Å². The SMILES string of the molecule is Cl.N[C@@H](CCF)c1c(Cl)ccc(Cl)c1Cl. The largest absolute Gasteiger partial charge is 0.324 e. The number of benzene rings is 1. The van der Waals surface area contributed by atoms with Gasteiger partial charge in [0, 0.05) is 16.6 Å². The van der Waals surface area contributed by atoms with Gasteiger partial charge in [-0.25, -0.2) is 0 Å². The van der Waals surface area contributed by atoms with E-state index in [1.54, 1.807) is 12.1 Å². The molecule has 1 aromatic rings. The molecule has 0 bridgehead atoms. The molecule has 0 saturated heterocycles. The molecule has 0 fully saturated rings. The highest BCUT2D eigenvalue weighted by atomic mass is 35.5. The highest BCUT2D eigenvalue weighted by Gasteiger charge is 2.16. The summed E-state index contributed by atoms with van der Waals surface area (Å²) in [6.45, 7) is -0.514. The molecule has 6 heteroatoms. The van der Waals surface area contributed by atoms with E-state index in [-0.39, 0.29) is 18.8 Å². The Morgan fingerprint density at radius 1 is 1.20 bits per heavy atom. The van der Waals surface area contributed by atoms with Crippen LogP contribution in [0.5, 0.6) is 0 Å². The van der Waals surface area contributed by atoms with Gasteiger partial charge in [-0.3, -0.25) is 4.39 Å². The molecule has 0 heterocycles. The monoisotopic (exact) mass is 291 g/mol. The van der Waals surface area contributed by atoms with E-state index < -0.39 is 12.7 Å². The van der Waals surface area contributed by atoms with Crippen LogP contribution in [0.1, 0.15) is 18.0 Å². The van der Waals surface area contributed by atoms with Crippen molar-refractivity contribution >= 4 is 47.2 Å². The predicted molar refractivity (Wildman–Crippen MR) is 66.2 cm³/mol. The van der Waals surface area contributed by atoms with Crippen molar-refractivity contribution in [1.82, 2.24) is 0 Å². The van der Waals surface area contributed by atoms with Crippen LogP contribution in [-0.2, 0) is 0 Å². The van der Waals surface area contributed by atoms with Crippen LogP contribution in [-0.4, -0.2) is 6.67 Å². The van der Waals surface area contributed by atoms with E-state index in [4.69, 9.17) is 40.5 Å². The van der Waals surface area contributed by atoms with Gasteiger partial charge in [-0.05, 0) is 18.6 Å². The molecule has 86 valence electrons. The smallest absolute Gasteiger partial charge is 0.0912 e. The molecule has 0 radical (unpaired) electrons. The lowest BCUT2D eigenvalue weighted by atomic mass is 10.1. The van der Waals surface area contributed by atoms with Gasteiger partial charge in [-0.2, -0.15) is 0 Å². The third-order valence-corrected chi connectivity index (χ3v) is 3.02. The van der Waals surface area contributed by atoms with Crippen LogP contribution in [0.3, 0.4) is 0 Å². The van der Waals surface area contributed by atoms with Crippen molar-refractivity contribution in [1.29, 1.82) is 0 Å². The average molecular weight is 293 g/mol. The number of hydrogen-bond donors (Lipinski definition) is 1. The average Bonchev–Trinajstić information content (AvgIpc) is 2.13. The van der Waals surface area contributed by atoms with Crippen LogP contribution in [0.25, 0.3) is 0 Å². The summed E-state index contributed by atoms with van der Waals surface area (Å²) in [4.78, 5) is 0. The maximum Gasteiger partial charge on any atom is 0.0912 e. The van der Waals surface area contributed by atoms with E-state index in [0.29, 0.717) is 20.6 Å². The van der Waals surface area contributed by atoms with E-state index >= 15 is 0 Å². The van der Waals surface area contributed by atoms with Gasteiger partial charge in [-0.1, -0.05) is 34.8 Å². The maximum absolute atomic E-state index is 12.1. The molecular formula is C9H10Cl4FN. The third kappa shape index (κ3) is 3.65. The lowest BCUT2D eigenvalue weighted by Gasteiger charge is -2.14. The summed E-state index contributed by atoms with van der Waals surface area (Å²) in [6, 6.07) is 2.67. The molecule has 15 heavy (non-hydrogen) atoms. The second-order valence-electron chi connectivity index (χ2n) is 2.84. The first kappa shape index (κ1) is 15.3. The highest BCUT2D eigenvalue weighted by Crippen LogP contribution is 2.35. The Labute approximate surface area is 109 Å². The van der Waals surface area contributed by atoms with Crippen LogP contribution in [0.4, 0.5) is 4.39 Å². The first-order valence-corrected chi connectivity index (χ1v) is 5.16. The zero-order valence-electron chi connectivity index (χ0n) is 7.64. The number of nitrogens with two attached hydrogens (primary N) is 1. The molecule has 1 aromatic carbocycles. The van der Waals surface area contributed by atoms with Gasteiger partial charge >= 0.3 is 0 Å². The second kappa shape index (κ2) is 6.77. The molecule has 0 aliphatic rings. The molecule has 0 saturated carbocycles. The first-order chi connectivity index (χ1) is 6.57. The van der Waals surface area contributed by atoms with Crippen molar-refractivity contribution < 1.29 is 4.39 Å². The van der Waals surface area contributed by atoms with Gasteiger partial charge in [0.25, 0.3) is 0 Å². The van der Waals surface area contributed by atoms with E-state index in [2.05, 4.69) is 0 Å². The topological polar surface area (TPSA) is 26.0 Å². The zero-order valence-corrected chi connectivity index (χ0v) is 10.7. The van der Waals surface area contributed by atoms with Crippen molar-refractivity contribution in [2.24, 2.45) is 5.73 Å². The summed E-state index contributed by atoms with van der Waals surface area (Å²) in [6.07, 6.45) is 0.180. The van der Waals surface area contributed by atoms with E-state index in [9.17, 15) is 4.39 Å². The fourth-order valence-electron chi connectivity index (χ4n) is 1.14. The molecule has 2 N–H and O–H groups in total. The number of rotatable bonds is 3. The number of alkyl halides is 1. The Hall–Kier alpha value is 0.270. The van der Waals surface area contributed by atoms with Crippen molar-refractivity contribution in [3.05, 3.63) is 32.8 Å². The number of halogens is 5. The van der Waals surface area contributed by atoms with Crippen LogP contribution in [0.15, 0.2) is 12.1 Å². The summed E-state index contributed by atoms with van der Waals surface area (Å²) < 4.78 is 12.1. The molecule has 0 aliphatic heterocycles. The Morgan fingerprint density at radius 3 is 2.27 bits per heavy atom. The van der Waals surface area contributed by atoms with Crippen molar-refractivity contribution in [2.45, 2.75) is 12.5 Å². The normalized spacial score (nSPS) is 12.1. The van der Waals surface area contributed by atoms with E-state index in [0.717, 1.165) is 0 Å². The molecule has 0 aromatic heterocycles. The Kier molecular flexibility index (Phi) is 6.89. The van der Waals surface area contributed by atoms with Crippen LogP contribution in [0.2, 0.25) is 15.1 Å². The van der Waals surface area contributed by atoms with Crippen molar-refractivity contribution in [2.75, 3.05) is 6.67 Å². The summed E-state index contributed by atoms with van der Waals surface area (Å²) in [7, 11) is 0. The molecule has 0 aliphatic carbocycles. The van der Waals surface area contributed by atoms with E-state index in [1.165, 1.54) is 0 Å². The van der Waals surface area contributed by atoms with Crippen molar-refractivity contribution in [3.63, 3.8) is 0 Å². The van der Waals surface area contributed by atoms with Gasteiger partial charge in [0.05, 0.1) is 16.7 Å². The highest BCUT2D eigenvalue weighted by molar-refractivity contribution is 6.44. The molecular weight excluding hydrogens is 283 g/mol. The maximum atomic E-state index is 12.1. The van der Waals surface area contributed by atoms with Gasteiger partial charge in [0.2, 0.25) is 0 Å². The minimum Gasteiger partial charge on any atom is -0.324 e. The molecule has 1 nitrogen and oxygen atoms in total. The Balaban J connectivity index is 0.00000196. The van der Waals surface area contributed by atoms with Crippen LogP contribution in [0, 0.1) is 0 Å². The molecule has 0 unspecified atom stereocenters. The fraction of sp³-hybridized carbons (Fsp3) is 0.333. The lowest BCUT2D eigenvalue weighted by molar-refractivity contribution is 0.442. The van der Waals surface area contributed by atoms with Gasteiger partial charge in [0.1, 0.15) is 0 Å². The number of hydrogen-bond acceptors (Lipinski definition) is 1. The molecule has 1 atom stereocenters. The lowest BCUT2D eigenvalue weighted by Crippen LogP contribution is -2.12. The molecule has 0 spiro atoms. The Morgan fingerprint density at radius 2 is 1.73 bits per heavy atom. The third-order valence-electron chi connectivity index (χ3n) is 1.87. The standard InChI is InChI=1S/C9H9Cl3FN.ClH/c10-5-1-2-6(11)9(12)8(5)7(14)3-4-13;/h1-2,7H,3-4,14H2;1H/t7-;/m0./s1. The second-order valence-corrected chi connectivity index (χ2v) is 4.03. The summed E-state index contributed by atoms with van der Waals surface area (Å²) >= 11 is 17.6.